The van der Waals surface area contributed by atoms with Gasteiger partial charge < -0.3 is 10.5 Å². The molecule has 2 rings (SSSR count). The lowest BCUT2D eigenvalue weighted by molar-refractivity contribution is 0.0730. The highest BCUT2D eigenvalue weighted by Gasteiger charge is 2.34. The normalized spacial score (nSPS) is 18.5. The average Bonchev–Trinajstić information content (AvgIpc) is 2.48. The summed E-state index contributed by atoms with van der Waals surface area (Å²) in [5, 5.41) is 0. The van der Waals surface area contributed by atoms with Crippen LogP contribution in [0.2, 0.25) is 0 Å². The maximum absolute atomic E-state index is 6.59. The van der Waals surface area contributed by atoms with E-state index in [0.29, 0.717) is 0 Å². The van der Waals surface area contributed by atoms with E-state index < -0.39 is 0 Å². The average molecular weight is 290 g/mol. The van der Waals surface area contributed by atoms with Crippen molar-refractivity contribution >= 4 is 0 Å². The van der Waals surface area contributed by atoms with Gasteiger partial charge in [-0.1, -0.05) is 24.1 Å². The molecule has 1 aliphatic rings. The summed E-state index contributed by atoms with van der Waals surface area (Å²) in [6, 6.07) is 6.44. The van der Waals surface area contributed by atoms with Gasteiger partial charge in [0.2, 0.25) is 0 Å². The molecule has 1 aromatic carbocycles. The van der Waals surface area contributed by atoms with E-state index in [2.05, 4.69) is 37.8 Å². The van der Waals surface area contributed by atoms with Gasteiger partial charge in [-0.25, -0.2) is 0 Å². The molecule has 0 amide bonds. The standard InChI is InChI=1S/C18H30N2O/c1-14-8-9-16(21-4)15(12-14)13-17(19)18(2,3)20-10-6-5-7-11-20/h8-9,12,17H,5-7,10-11,13,19H2,1-4H3. The summed E-state index contributed by atoms with van der Waals surface area (Å²) < 4.78 is 5.49. The third kappa shape index (κ3) is 3.78. The molecule has 0 saturated carbocycles. The first-order valence-corrected chi connectivity index (χ1v) is 8.09. The van der Waals surface area contributed by atoms with Crippen molar-refractivity contribution in [3.05, 3.63) is 29.3 Å². The Kier molecular flexibility index (Phi) is 5.28. The van der Waals surface area contributed by atoms with Gasteiger partial charge in [-0.15, -0.1) is 0 Å². The molecule has 1 heterocycles. The Morgan fingerprint density at radius 3 is 2.52 bits per heavy atom. The number of methoxy groups -OCH3 is 1. The maximum atomic E-state index is 6.59. The second-order valence-electron chi connectivity index (χ2n) is 6.83. The summed E-state index contributed by atoms with van der Waals surface area (Å²) >= 11 is 0. The topological polar surface area (TPSA) is 38.5 Å². The van der Waals surface area contributed by atoms with Crippen LogP contribution in [0.3, 0.4) is 0 Å². The van der Waals surface area contributed by atoms with E-state index in [9.17, 15) is 0 Å². The molecular formula is C18H30N2O. The van der Waals surface area contributed by atoms with Crippen molar-refractivity contribution in [3.8, 4) is 5.75 Å². The maximum Gasteiger partial charge on any atom is 0.122 e. The largest absolute Gasteiger partial charge is 0.496 e. The van der Waals surface area contributed by atoms with E-state index in [1.54, 1.807) is 7.11 Å². The van der Waals surface area contributed by atoms with E-state index in [0.717, 1.165) is 12.2 Å². The van der Waals surface area contributed by atoms with E-state index >= 15 is 0 Å². The van der Waals surface area contributed by atoms with Gasteiger partial charge in [0.15, 0.2) is 0 Å². The molecule has 0 aliphatic carbocycles. The molecule has 3 heteroatoms. The number of hydrogen-bond acceptors (Lipinski definition) is 3. The van der Waals surface area contributed by atoms with E-state index in [-0.39, 0.29) is 11.6 Å². The minimum Gasteiger partial charge on any atom is -0.496 e. The van der Waals surface area contributed by atoms with Crippen molar-refractivity contribution in [2.24, 2.45) is 5.73 Å². The molecule has 1 atom stereocenters. The quantitative estimate of drug-likeness (QED) is 0.905. The first-order chi connectivity index (χ1) is 9.95. The predicted octanol–water partition coefficient (Wildman–Crippen LogP) is 3.14. The molecule has 21 heavy (non-hydrogen) atoms. The zero-order chi connectivity index (χ0) is 15.5. The Bertz CT molecular complexity index is 464. The van der Waals surface area contributed by atoms with Gasteiger partial charge >= 0.3 is 0 Å². The van der Waals surface area contributed by atoms with Crippen LogP contribution in [0.25, 0.3) is 0 Å². The van der Waals surface area contributed by atoms with Crippen molar-refractivity contribution in [2.75, 3.05) is 20.2 Å². The second-order valence-corrected chi connectivity index (χ2v) is 6.83. The lowest BCUT2D eigenvalue weighted by atomic mass is 9.86. The predicted molar refractivity (Wildman–Crippen MR) is 88.9 cm³/mol. The Morgan fingerprint density at radius 1 is 1.24 bits per heavy atom. The molecular weight excluding hydrogens is 260 g/mol. The number of hydrogen-bond donors (Lipinski definition) is 1. The van der Waals surface area contributed by atoms with Gasteiger partial charge in [-0.3, -0.25) is 4.90 Å². The lowest BCUT2D eigenvalue weighted by Gasteiger charge is -2.44. The number of ether oxygens (including phenoxy) is 1. The van der Waals surface area contributed by atoms with E-state index in [1.165, 1.54) is 43.5 Å². The van der Waals surface area contributed by atoms with Crippen LogP contribution in [0, 0.1) is 6.92 Å². The highest BCUT2D eigenvalue weighted by molar-refractivity contribution is 5.37. The van der Waals surface area contributed by atoms with Crippen molar-refractivity contribution in [1.29, 1.82) is 0 Å². The minimum absolute atomic E-state index is 0.0230. The summed E-state index contributed by atoms with van der Waals surface area (Å²) in [5.41, 5.74) is 9.09. The van der Waals surface area contributed by atoms with Crippen LogP contribution in [-0.4, -0.2) is 36.7 Å². The van der Waals surface area contributed by atoms with Crippen LogP contribution >= 0.6 is 0 Å². The highest BCUT2D eigenvalue weighted by atomic mass is 16.5. The molecule has 118 valence electrons. The first kappa shape index (κ1) is 16.3. The summed E-state index contributed by atoms with van der Waals surface area (Å²) in [5.74, 6) is 0.950. The molecule has 1 aromatic rings. The number of nitrogens with two attached hydrogens (primary N) is 1. The fourth-order valence-corrected chi connectivity index (χ4v) is 3.26. The van der Waals surface area contributed by atoms with Gasteiger partial charge in [0.05, 0.1) is 7.11 Å². The smallest absolute Gasteiger partial charge is 0.122 e. The third-order valence-corrected chi connectivity index (χ3v) is 4.95. The number of rotatable bonds is 5. The molecule has 0 spiro atoms. The number of nitrogens with zero attached hydrogens (tertiary/aromatic N) is 1. The van der Waals surface area contributed by atoms with Crippen LogP contribution in [-0.2, 0) is 6.42 Å². The van der Waals surface area contributed by atoms with Crippen LogP contribution in [0.1, 0.15) is 44.2 Å². The molecule has 1 saturated heterocycles. The fraction of sp³-hybridized carbons (Fsp3) is 0.667. The van der Waals surface area contributed by atoms with Crippen LogP contribution in [0.15, 0.2) is 18.2 Å². The molecule has 0 radical (unpaired) electrons. The van der Waals surface area contributed by atoms with Crippen LogP contribution in [0.5, 0.6) is 5.75 Å². The molecule has 1 fully saturated rings. The van der Waals surface area contributed by atoms with Crippen molar-refractivity contribution in [1.82, 2.24) is 4.90 Å². The summed E-state index contributed by atoms with van der Waals surface area (Å²) in [6.07, 6.45) is 4.80. The monoisotopic (exact) mass is 290 g/mol. The van der Waals surface area contributed by atoms with Crippen LogP contribution in [0.4, 0.5) is 0 Å². The van der Waals surface area contributed by atoms with Gasteiger partial charge in [0.25, 0.3) is 0 Å². The SMILES string of the molecule is COc1ccc(C)cc1CC(N)C(C)(C)N1CCCCC1. The van der Waals surface area contributed by atoms with Gasteiger partial charge in [0.1, 0.15) is 5.75 Å². The van der Waals surface area contributed by atoms with Gasteiger partial charge in [0, 0.05) is 11.6 Å². The minimum atomic E-state index is 0.0230. The zero-order valence-corrected chi connectivity index (χ0v) is 14.0. The zero-order valence-electron chi connectivity index (χ0n) is 14.0. The summed E-state index contributed by atoms with van der Waals surface area (Å²) in [6.45, 7) is 9.03. The van der Waals surface area contributed by atoms with Gasteiger partial charge in [-0.2, -0.15) is 0 Å². The van der Waals surface area contributed by atoms with Crippen molar-refractivity contribution in [2.45, 2.75) is 58.0 Å². The Balaban J connectivity index is 2.12. The number of benzene rings is 1. The second kappa shape index (κ2) is 6.80. The lowest BCUT2D eigenvalue weighted by Crippen LogP contribution is -2.58. The summed E-state index contributed by atoms with van der Waals surface area (Å²) in [7, 11) is 1.73. The number of piperidine rings is 1. The van der Waals surface area contributed by atoms with E-state index in [4.69, 9.17) is 10.5 Å². The molecule has 1 unspecified atom stereocenters. The van der Waals surface area contributed by atoms with Gasteiger partial charge in [-0.05, 0) is 64.8 Å². The molecule has 0 aromatic heterocycles. The van der Waals surface area contributed by atoms with E-state index in [1.807, 2.05) is 6.07 Å². The highest BCUT2D eigenvalue weighted by Crippen LogP contribution is 2.28. The van der Waals surface area contributed by atoms with Crippen molar-refractivity contribution < 1.29 is 4.74 Å². The fourth-order valence-electron chi connectivity index (χ4n) is 3.26. The molecule has 1 aliphatic heterocycles. The Hall–Kier alpha value is -1.06. The Labute approximate surface area is 129 Å². The Morgan fingerprint density at radius 2 is 1.90 bits per heavy atom. The molecule has 3 nitrogen and oxygen atoms in total. The third-order valence-electron chi connectivity index (χ3n) is 4.95. The van der Waals surface area contributed by atoms with Crippen molar-refractivity contribution in [3.63, 3.8) is 0 Å². The summed E-state index contributed by atoms with van der Waals surface area (Å²) in [4.78, 5) is 2.56. The molecule has 0 bridgehead atoms. The number of aryl methyl sites for hydroxylation is 1. The number of likely N-dealkylation sites (tertiary alicyclic amines) is 1. The van der Waals surface area contributed by atoms with Crippen LogP contribution < -0.4 is 10.5 Å². The first-order valence-electron chi connectivity index (χ1n) is 8.09. The molecule has 2 N–H and O–H groups in total.